The number of rotatable bonds is 6. The Kier molecular flexibility index (Phi) is 8.12. The van der Waals surface area contributed by atoms with Crippen molar-refractivity contribution in [1.29, 1.82) is 0 Å². The first-order valence-electron chi connectivity index (χ1n) is 11.3. The zero-order valence-electron chi connectivity index (χ0n) is 20.1. The first-order valence-corrected chi connectivity index (χ1v) is 12.1. The smallest absolute Gasteiger partial charge is 0.275 e. The summed E-state index contributed by atoms with van der Waals surface area (Å²) in [6.07, 6.45) is 2.51. The predicted molar refractivity (Wildman–Crippen MR) is 130 cm³/mol. The van der Waals surface area contributed by atoms with Crippen LogP contribution in [0.15, 0.2) is 28.9 Å². The molecule has 1 fully saturated rings. The molecule has 2 atom stereocenters. The Labute approximate surface area is 207 Å². The highest BCUT2D eigenvalue weighted by Crippen LogP contribution is 2.26. The molecule has 2 aromatic rings. The van der Waals surface area contributed by atoms with Gasteiger partial charge in [0.1, 0.15) is 5.82 Å². The van der Waals surface area contributed by atoms with Gasteiger partial charge in [-0.1, -0.05) is 13.0 Å². The van der Waals surface area contributed by atoms with E-state index in [-0.39, 0.29) is 47.8 Å². The lowest BCUT2D eigenvalue weighted by Crippen LogP contribution is -2.54. The third kappa shape index (κ3) is 5.65. The van der Waals surface area contributed by atoms with Crippen LogP contribution in [-0.4, -0.2) is 63.5 Å². The van der Waals surface area contributed by atoms with Gasteiger partial charge >= 0.3 is 0 Å². The summed E-state index contributed by atoms with van der Waals surface area (Å²) in [7, 11) is 1.73. The Balaban J connectivity index is 1.74. The zero-order valence-corrected chi connectivity index (χ0v) is 21.7. The van der Waals surface area contributed by atoms with Crippen molar-refractivity contribution < 1.29 is 18.8 Å². The number of likely N-dealkylation sites (N-methyl/N-ethyl adjacent to an activating group) is 1. The molecule has 2 heterocycles. The lowest BCUT2D eigenvalue weighted by Gasteiger charge is -2.41. The molecule has 3 rings (SSSR count). The molecule has 1 N–H and O–H groups in total. The molecule has 8 nitrogen and oxygen atoms in total. The van der Waals surface area contributed by atoms with Crippen LogP contribution in [0.3, 0.4) is 0 Å². The minimum atomic E-state index is -0.542. The van der Waals surface area contributed by atoms with Crippen LogP contribution in [0.1, 0.15) is 66.6 Å². The number of hydrogen-bond acceptors (Lipinski definition) is 4. The van der Waals surface area contributed by atoms with Crippen molar-refractivity contribution in [3.63, 3.8) is 0 Å². The number of nitrogens with one attached hydrogen (secondary N) is 1. The Bertz CT molecular complexity index is 1090. The van der Waals surface area contributed by atoms with E-state index in [0.717, 1.165) is 6.42 Å². The molecule has 3 amide bonds. The molecule has 0 unspecified atom stereocenters. The molecule has 0 bridgehead atoms. The molecular formula is C24H31BrFN5O3. The summed E-state index contributed by atoms with van der Waals surface area (Å²) < 4.78 is 16.9. The van der Waals surface area contributed by atoms with Gasteiger partial charge in [-0.3, -0.25) is 19.1 Å². The van der Waals surface area contributed by atoms with Crippen molar-refractivity contribution >= 4 is 33.7 Å². The third-order valence-corrected chi connectivity index (χ3v) is 6.85. The number of amides is 3. The van der Waals surface area contributed by atoms with Gasteiger partial charge in [0, 0.05) is 57.0 Å². The molecule has 0 saturated carbocycles. The molecule has 1 aromatic carbocycles. The average molecular weight is 536 g/mol. The van der Waals surface area contributed by atoms with Crippen LogP contribution in [-0.2, 0) is 11.3 Å². The summed E-state index contributed by atoms with van der Waals surface area (Å²) in [5, 5.41) is 6.98. The maximum atomic E-state index is 14.5. The minimum Gasteiger partial charge on any atom is -0.352 e. The van der Waals surface area contributed by atoms with Crippen LogP contribution in [0.2, 0.25) is 0 Å². The standard InChI is InChI=1S/C24H31BrFN5O3/c1-14(2)31-12-19(25)22(28-31)24(34)29(5)21-13-30(9-8-15(21)3)23(33)17-6-7-18(20(26)10-17)11-27-16(4)32/h6-7,10,12,14-15,21H,8-9,11,13H2,1-5H3,(H,27,32)/t15-,21+/m1/s1. The van der Waals surface area contributed by atoms with Crippen LogP contribution < -0.4 is 5.32 Å². The summed E-state index contributed by atoms with van der Waals surface area (Å²) in [5.74, 6) is -1.12. The van der Waals surface area contributed by atoms with Gasteiger partial charge in [0.25, 0.3) is 11.8 Å². The van der Waals surface area contributed by atoms with Gasteiger partial charge in [0.15, 0.2) is 5.69 Å². The maximum absolute atomic E-state index is 14.5. The molecule has 0 radical (unpaired) electrons. The van der Waals surface area contributed by atoms with Gasteiger partial charge < -0.3 is 15.1 Å². The molecular weight excluding hydrogens is 505 g/mol. The largest absolute Gasteiger partial charge is 0.352 e. The number of benzene rings is 1. The van der Waals surface area contributed by atoms with Crippen molar-refractivity contribution in [1.82, 2.24) is 24.9 Å². The number of aromatic nitrogens is 2. The van der Waals surface area contributed by atoms with E-state index in [9.17, 15) is 18.8 Å². The highest BCUT2D eigenvalue weighted by atomic mass is 79.9. The highest BCUT2D eigenvalue weighted by molar-refractivity contribution is 9.10. The van der Waals surface area contributed by atoms with Crippen LogP contribution in [0, 0.1) is 11.7 Å². The van der Waals surface area contributed by atoms with Gasteiger partial charge in [0.05, 0.1) is 10.5 Å². The highest BCUT2D eigenvalue weighted by Gasteiger charge is 2.35. The van der Waals surface area contributed by atoms with E-state index in [4.69, 9.17) is 0 Å². The zero-order chi connectivity index (χ0) is 25.2. The van der Waals surface area contributed by atoms with E-state index in [1.54, 1.807) is 33.8 Å². The molecule has 10 heteroatoms. The van der Waals surface area contributed by atoms with E-state index in [0.29, 0.717) is 28.8 Å². The van der Waals surface area contributed by atoms with Crippen LogP contribution in [0.25, 0.3) is 0 Å². The van der Waals surface area contributed by atoms with Crippen LogP contribution >= 0.6 is 15.9 Å². The first kappa shape index (κ1) is 25.9. The number of halogens is 2. The summed E-state index contributed by atoms with van der Waals surface area (Å²) in [4.78, 5) is 40.8. The van der Waals surface area contributed by atoms with Gasteiger partial charge in [-0.2, -0.15) is 5.10 Å². The van der Waals surface area contributed by atoms with Crippen molar-refractivity contribution in [2.75, 3.05) is 20.1 Å². The fourth-order valence-electron chi connectivity index (χ4n) is 4.06. The molecule has 184 valence electrons. The molecule has 1 saturated heterocycles. The number of likely N-dealkylation sites (tertiary alicyclic amines) is 1. The lowest BCUT2D eigenvalue weighted by molar-refractivity contribution is -0.119. The Morgan fingerprint density at radius 2 is 2.03 bits per heavy atom. The van der Waals surface area contributed by atoms with E-state index < -0.39 is 5.82 Å². The first-order chi connectivity index (χ1) is 16.0. The SMILES string of the molecule is CC(=O)NCc1ccc(C(=O)N2CC[C@@H](C)[C@@H](N(C)C(=O)c3nn(C(C)C)cc3Br)C2)cc1F. The summed E-state index contributed by atoms with van der Waals surface area (Å²) in [6.45, 7) is 8.33. The monoisotopic (exact) mass is 535 g/mol. The topological polar surface area (TPSA) is 87.5 Å². The van der Waals surface area contributed by atoms with Crippen LogP contribution in [0.5, 0.6) is 0 Å². The molecule has 1 aromatic heterocycles. The third-order valence-electron chi connectivity index (χ3n) is 6.27. The van der Waals surface area contributed by atoms with Gasteiger partial charge in [-0.25, -0.2) is 4.39 Å². The molecule has 1 aliphatic heterocycles. The van der Waals surface area contributed by atoms with Gasteiger partial charge in [-0.05, 0) is 54.2 Å². The Morgan fingerprint density at radius 1 is 1.32 bits per heavy atom. The summed E-state index contributed by atoms with van der Waals surface area (Å²) in [5.41, 5.74) is 0.891. The Morgan fingerprint density at radius 3 is 2.62 bits per heavy atom. The second-order valence-corrected chi connectivity index (χ2v) is 9.97. The van der Waals surface area contributed by atoms with Crippen molar-refractivity contribution in [3.05, 3.63) is 51.5 Å². The second kappa shape index (κ2) is 10.7. The fourth-order valence-corrected chi connectivity index (χ4v) is 4.52. The van der Waals surface area contributed by atoms with Crippen LogP contribution in [0.4, 0.5) is 4.39 Å². The van der Waals surface area contributed by atoms with E-state index in [2.05, 4.69) is 33.3 Å². The van der Waals surface area contributed by atoms with Crippen molar-refractivity contribution in [3.8, 4) is 0 Å². The number of hydrogen-bond donors (Lipinski definition) is 1. The molecule has 0 spiro atoms. The molecule has 1 aliphatic rings. The number of carbonyl (C=O) groups is 3. The average Bonchev–Trinajstić information content (AvgIpc) is 3.19. The number of nitrogens with zero attached hydrogens (tertiary/aromatic N) is 4. The van der Waals surface area contributed by atoms with Crippen molar-refractivity contribution in [2.24, 2.45) is 5.92 Å². The number of carbonyl (C=O) groups excluding carboxylic acids is 3. The normalized spacial score (nSPS) is 18.2. The molecule has 34 heavy (non-hydrogen) atoms. The minimum absolute atomic E-state index is 0.0635. The van der Waals surface area contributed by atoms with E-state index >= 15 is 0 Å². The van der Waals surface area contributed by atoms with Gasteiger partial charge in [-0.15, -0.1) is 0 Å². The molecule has 0 aliphatic carbocycles. The van der Waals surface area contributed by atoms with E-state index in [1.165, 1.54) is 19.1 Å². The summed E-state index contributed by atoms with van der Waals surface area (Å²) in [6, 6.07) is 4.21. The second-order valence-electron chi connectivity index (χ2n) is 9.12. The quantitative estimate of drug-likeness (QED) is 0.611. The predicted octanol–water partition coefficient (Wildman–Crippen LogP) is 3.62. The fraction of sp³-hybridized carbons (Fsp3) is 0.500. The number of piperidine rings is 1. The van der Waals surface area contributed by atoms with Crippen molar-refractivity contribution in [2.45, 2.75) is 52.7 Å². The van der Waals surface area contributed by atoms with Gasteiger partial charge in [0.2, 0.25) is 5.91 Å². The maximum Gasteiger partial charge on any atom is 0.275 e. The Hall–Kier alpha value is -2.75. The van der Waals surface area contributed by atoms with E-state index in [1.807, 2.05) is 13.8 Å². The summed E-state index contributed by atoms with van der Waals surface area (Å²) >= 11 is 3.44. The lowest BCUT2D eigenvalue weighted by atomic mass is 9.91.